The Kier molecular flexibility index (Phi) is 5.37. The summed E-state index contributed by atoms with van der Waals surface area (Å²) in [4.78, 5) is 6.68. The van der Waals surface area contributed by atoms with Crippen molar-refractivity contribution in [2.45, 2.75) is 24.9 Å². The Bertz CT molecular complexity index is 1100. The first kappa shape index (κ1) is 20.7. The predicted molar refractivity (Wildman–Crippen MR) is 120 cm³/mol. The van der Waals surface area contributed by atoms with Crippen molar-refractivity contribution in [3.63, 3.8) is 0 Å². The molecule has 1 fully saturated rings. The van der Waals surface area contributed by atoms with E-state index in [2.05, 4.69) is 9.88 Å². The third kappa shape index (κ3) is 4.02. The Morgan fingerprint density at radius 3 is 2.35 bits per heavy atom. The summed E-state index contributed by atoms with van der Waals surface area (Å²) in [6, 6.07) is 11.8. The molecule has 4 bridgehead atoms. The number of pyridine rings is 1. The number of hydrogen-bond acceptors (Lipinski definition) is 3. The van der Waals surface area contributed by atoms with Crippen LogP contribution >= 0.6 is 23.2 Å². The molecule has 31 heavy (non-hydrogen) atoms. The summed E-state index contributed by atoms with van der Waals surface area (Å²) in [5.74, 6) is -3.03. The molecule has 0 radical (unpaired) electrons. The van der Waals surface area contributed by atoms with Gasteiger partial charge in [-0.25, -0.2) is 0 Å². The Balaban J connectivity index is 1.74. The number of aromatic nitrogens is 1. The topological polar surface area (TPSA) is 25.4 Å². The number of piperidine rings is 1. The molecule has 160 valence electrons. The van der Waals surface area contributed by atoms with Crippen molar-refractivity contribution in [2.75, 3.05) is 24.6 Å². The summed E-state index contributed by atoms with van der Waals surface area (Å²) in [5.41, 5.74) is 4.41. The van der Waals surface area contributed by atoms with Gasteiger partial charge in [0.1, 0.15) is 6.61 Å². The molecule has 1 aromatic heterocycles. The van der Waals surface area contributed by atoms with Crippen LogP contribution in [0.1, 0.15) is 18.4 Å². The highest BCUT2D eigenvalue weighted by Crippen LogP contribution is 2.42. The van der Waals surface area contributed by atoms with Gasteiger partial charge in [-0.15, -0.1) is 0 Å². The van der Waals surface area contributed by atoms with Gasteiger partial charge in [0, 0.05) is 52.2 Å². The number of alkyl halides is 2. The molecule has 2 aromatic carbocycles. The van der Waals surface area contributed by atoms with E-state index in [0.717, 1.165) is 47.3 Å². The fraction of sp³-hybridized carbons (Fsp3) is 0.292. The number of rotatable bonds is 1. The van der Waals surface area contributed by atoms with E-state index in [9.17, 15) is 8.78 Å². The average Bonchev–Trinajstić information content (AvgIpc) is 2.76. The molecule has 3 aliphatic heterocycles. The minimum absolute atomic E-state index is 0.0447. The Morgan fingerprint density at radius 1 is 0.968 bits per heavy atom. The van der Waals surface area contributed by atoms with Crippen molar-refractivity contribution in [2.24, 2.45) is 0 Å². The molecule has 3 nitrogen and oxygen atoms in total. The molecule has 1 atom stereocenters. The van der Waals surface area contributed by atoms with E-state index in [1.54, 1.807) is 30.6 Å². The molecular formula is C24H20Cl2F2N2O. The van der Waals surface area contributed by atoms with Crippen molar-refractivity contribution in [3.05, 3.63) is 70.5 Å². The Hall–Kier alpha value is -2.21. The highest BCUT2D eigenvalue weighted by Gasteiger charge is 2.35. The van der Waals surface area contributed by atoms with Crippen molar-refractivity contribution in [1.82, 2.24) is 4.98 Å². The number of fused-ring (bicyclic) bond motifs is 4. The number of benzene rings is 2. The lowest BCUT2D eigenvalue weighted by Gasteiger charge is -2.37. The minimum atomic E-state index is -3.03. The Morgan fingerprint density at radius 2 is 1.65 bits per heavy atom. The van der Waals surface area contributed by atoms with Gasteiger partial charge >= 0.3 is 0 Å². The first-order valence-corrected chi connectivity index (χ1v) is 11.0. The van der Waals surface area contributed by atoms with Gasteiger partial charge in [0.2, 0.25) is 0 Å². The smallest absolute Gasteiger partial charge is 0.296 e. The molecule has 3 aliphatic rings. The van der Waals surface area contributed by atoms with Gasteiger partial charge in [-0.05, 0) is 42.2 Å². The van der Waals surface area contributed by atoms with E-state index in [-0.39, 0.29) is 11.7 Å². The van der Waals surface area contributed by atoms with E-state index < -0.39 is 12.5 Å². The van der Waals surface area contributed by atoms with Crippen LogP contribution in [-0.4, -0.2) is 30.8 Å². The van der Waals surface area contributed by atoms with E-state index in [0.29, 0.717) is 16.6 Å². The maximum atomic E-state index is 14.6. The van der Waals surface area contributed by atoms with Gasteiger partial charge in [-0.3, -0.25) is 4.98 Å². The zero-order chi connectivity index (χ0) is 21.6. The lowest BCUT2D eigenvalue weighted by molar-refractivity contribution is -0.106. The summed E-state index contributed by atoms with van der Waals surface area (Å²) in [5, 5.41) is 1.08. The number of nitrogens with zero attached hydrogens (tertiary/aromatic N) is 2. The maximum Gasteiger partial charge on any atom is 0.296 e. The van der Waals surface area contributed by atoms with Crippen LogP contribution in [0.3, 0.4) is 0 Å². The number of ether oxygens (including phenoxy) is 1. The van der Waals surface area contributed by atoms with Crippen molar-refractivity contribution in [3.8, 4) is 22.3 Å². The van der Waals surface area contributed by atoms with Gasteiger partial charge in [0.05, 0.1) is 11.8 Å². The minimum Gasteiger partial charge on any atom is -0.370 e. The Labute approximate surface area is 189 Å². The SMILES string of the molecule is FC1(F)CO[C@@H]2CCCN(C2)c2c(cncc2-c2cc(Cl)cc(Cl)c2)-c2ccc1cc2. The molecule has 7 heteroatoms. The molecular weight excluding hydrogens is 441 g/mol. The lowest BCUT2D eigenvalue weighted by Crippen LogP contribution is -2.41. The second-order valence-corrected chi connectivity index (χ2v) is 8.92. The van der Waals surface area contributed by atoms with Crippen molar-refractivity contribution >= 4 is 28.9 Å². The predicted octanol–water partition coefficient (Wildman–Crippen LogP) is 6.81. The molecule has 0 unspecified atom stereocenters. The molecule has 6 rings (SSSR count). The van der Waals surface area contributed by atoms with Gasteiger partial charge in [-0.2, -0.15) is 8.78 Å². The second kappa shape index (κ2) is 8.05. The first-order chi connectivity index (χ1) is 14.9. The molecule has 0 aliphatic carbocycles. The van der Waals surface area contributed by atoms with Crippen LogP contribution in [0.2, 0.25) is 10.0 Å². The highest BCUT2D eigenvalue weighted by molar-refractivity contribution is 6.35. The monoisotopic (exact) mass is 460 g/mol. The van der Waals surface area contributed by atoms with Gasteiger partial charge in [-0.1, -0.05) is 47.5 Å². The highest BCUT2D eigenvalue weighted by atomic mass is 35.5. The summed E-state index contributed by atoms with van der Waals surface area (Å²) in [6.45, 7) is 0.710. The maximum absolute atomic E-state index is 14.6. The summed E-state index contributed by atoms with van der Waals surface area (Å²) < 4.78 is 35.0. The summed E-state index contributed by atoms with van der Waals surface area (Å²) in [6.07, 6.45) is 4.93. The van der Waals surface area contributed by atoms with Crippen LogP contribution < -0.4 is 4.90 Å². The fourth-order valence-corrected chi connectivity index (χ4v) is 4.93. The van der Waals surface area contributed by atoms with Crippen molar-refractivity contribution in [1.29, 1.82) is 0 Å². The van der Waals surface area contributed by atoms with E-state index in [1.165, 1.54) is 12.1 Å². The van der Waals surface area contributed by atoms with Crippen molar-refractivity contribution < 1.29 is 13.5 Å². The lowest BCUT2D eigenvalue weighted by atomic mass is 9.94. The molecule has 3 aromatic rings. The molecule has 0 spiro atoms. The van der Waals surface area contributed by atoms with Gasteiger partial charge in [0.15, 0.2) is 0 Å². The molecule has 1 saturated heterocycles. The normalized spacial score (nSPS) is 20.0. The number of anilines is 1. The van der Waals surface area contributed by atoms with E-state index in [4.69, 9.17) is 27.9 Å². The van der Waals surface area contributed by atoms with Crippen LogP contribution in [0.5, 0.6) is 0 Å². The second-order valence-electron chi connectivity index (χ2n) is 8.04. The van der Waals surface area contributed by atoms with Gasteiger partial charge in [0.25, 0.3) is 5.92 Å². The standard InChI is InChI=1S/C24H20Cl2F2N2O/c25-18-8-16(9-19(26)10-18)22-12-29-11-21-15-3-5-17(6-4-15)24(27,28)14-31-20-2-1-7-30(13-20)23(21)22/h3-6,8-12,20H,1-2,7,13-14H2/t20-/m1/s1. The average molecular weight is 461 g/mol. The van der Waals surface area contributed by atoms with E-state index >= 15 is 0 Å². The van der Waals surface area contributed by atoms with Crippen LogP contribution in [0.15, 0.2) is 54.9 Å². The molecule has 0 saturated carbocycles. The van der Waals surface area contributed by atoms with Crippen LogP contribution in [0.4, 0.5) is 14.5 Å². The third-order valence-electron chi connectivity index (χ3n) is 5.90. The van der Waals surface area contributed by atoms with Crippen LogP contribution in [-0.2, 0) is 10.7 Å². The zero-order valence-electron chi connectivity index (χ0n) is 16.6. The molecule has 0 amide bonds. The quantitative estimate of drug-likeness (QED) is 0.398. The fourth-order valence-electron chi connectivity index (χ4n) is 4.40. The molecule has 4 heterocycles. The van der Waals surface area contributed by atoms with Crippen LogP contribution in [0.25, 0.3) is 22.3 Å². The largest absolute Gasteiger partial charge is 0.370 e. The molecule has 0 N–H and O–H groups in total. The number of hydrogen-bond donors (Lipinski definition) is 0. The number of halogens is 4. The van der Waals surface area contributed by atoms with E-state index in [1.807, 2.05) is 12.1 Å². The van der Waals surface area contributed by atoms with Crippen LogP contribution in [0, 0.1) is 0 Å². The summed E-state index contributed by atoms with van der Waals surface area (Å²) in [7, 11) is 0. The third-order valence-corrected chi connectivity index (χ3v) is 6.34. The van der Waals surface area contributed by atoms with Gasteiger partial charge < -0.3 is 9.64 Å². The zero-order valence-corrected chi connectivity index (χ0v) is 18.1. The summed E-state index contributed by atoms with van der Waals surface area (Å²) >= 11 is 12.6. The first-order valence-electron chi connectivity index (χ1n) is 10.2.